The van der Waals surface area contributed by atoms with Crippen LogP contribution in [0.3, 0.4) is 0 Å². The lowest BCUT2D eigenvalue weighted by molar-refractivity contribution is 0.0603. The first-order chi connectivity index (χ1) is 6.65. The number of methoxy groups -OCH3 is 1. The highest BCUT2D eigenvalue weighted by atomic mass is 32.1. The van der Waals surface area contributed by atoms with E-state index in [9.17, 15) is 0 Å². The summed E-state index contributed by atoms with van der Waals surface area (Å²) in [5.74, 6) is 0. The van der Waals surface area contributed by atoms with E-state index in [-0.39, 0.29) is 0 Å². The molecule has 0 aliphatic rings. The van der Waals surface area contributed by atoms with Crippen molar-refractivity contribution < 1.29 is 4.74 Å². The third-order valence-corrected chi connectivity index (χ3v) is 2.82. The minimum absolute atomic E-state index is 0.624. The van der Waals surface area contributed by atoms with Crippen molar-refractivity contribution in [3.63, 3.8) is 0 Å². The lowest BCUT2D eigenvalue weighted by atomic mass is 10.0. The normalized spacial score (nSPS) is 14.5. The molecule has 0 radical (unpaired) electrons. The summed E-state index contributed by atoms with van der Waals surface area (Å²) in [4.78, 5) is 4.86. The lowest BCUT2D eigenvalue weighted by Gasteiger charge is -2.27. The molecule has 3 nitrogen and oxygen atoms in total. The fourth-order valence-electron chi connectivity index (χ4n) is 1.20. The van der Waals surface area contributed by atoms with Gasteiger partial charge in [0.25, 0.3) is 0 Å². The molecule has 0 aliphatic heterocycles. The van der Waals surface area contributed by atoms with Gasteiger partial charge in [-0.3, -0.25) is 4.98 Å². The highest BCUT2D eigenvalue weighted by Crippen LogP contribution is 2.23. The Morgan fingerprint density at radius 1 is 1.57 bits per heavy atom. The molecule has 1 aromatic heterocycles. The molecule has 0 fully saturated rings. The molecular weight excluding hydrogens is 196 g/mol. The maximum absolute atomic E-state index is 5.41. The lowest BCUT2D eigenvalue weighted by Crippen LogP contribution is -2.41. The molecule has 76 valence electrons. The van der Waals surface area contributed by atoms with Crippen LogP contribution in [0.4, 0.5) is 0 Å². The summed E-state index contributed by atoms with van der Waals surface area (Å²) in [6.07, 6.45) is 1.73. The zero-order valence-corrected chi connectivity index (χ0v) is 9.39. The van der Waals surface area contributed by atoms with E-state index in [0.29, 0.717) is 4.99 Å². The second kappa shape index (κ2) is 4.48. The largest absolute Gasteiger partial charge is 0.380 e. The molecule has 1 heterocycles. The molecule has 0 bridgehead atoms. The maximum Gasteiger partial charge on any atom is 0.156 e. The first-order valence-corrected chi connectivity index (χ1v) is 4.75. The minimum Gasteiger partial charge on any atom is -0.380 e. The molecule has 1 N–H and O–H groups in total. The summed E-state index contributed by atoms with van der Waals surface area (Å²) in [6, 6.07) is 5.67. The smallest absolute Gasteiger partial charge is 0.156 e. The van der Waals surface area contributed by atoms with Gasteiger partial charge in [-0.1, -0.05) is 18.3 Å². The monoisotopic (exact) mass is 210 g/mol. The van der Waals surface area contributed by atoms with Crippen LogP contribution in [0.5, 0.6) is 0 Å². The van der Waals surface area contributed by atoms with Crippen LogP contribution in [-0.2, 0) is 10.3 Å². The van der Waals surface area contributed by atoms with E-state index >= 15 is 0 Å². The Labute approximate surface area is 89.5 Å². The summed E-state index contributed by atoms with van der Waals surface area (Å²) in [5, 5.41) is 2.92. The predicted molar refractivity (Wildman–Crippen MR) is 60.3 cm³/mol. The highest BCUT2D eigenvalue weighted by molar-refractivity contribution is 7.80. The van der Waals surface area contributed by atoms with Gasteiger partial charge in [0.05, 0.1) is 5.69 Å². The maximum atomic E-state index is 5.41. The summed E-state index contributed by atoms with van der Waals surface area (Å²) < 4.78 is 5.41. The van der Waals surface area contributed by atoms with Gasteiger partial charge in [-0.25, -0.2) is 0 Å². The Bertz CT molecular complexity index is 315. The standard InChI is InChI=1S/C10H14N2OS/c1-10(13-3,9(14)11-2)8-6-4-5-7-12-8/h4-7H,1-3H3,(H,11,14). The van der Waals surface area contributed by atoms with Gasteiger partial charge in [0.2, 0.25) is 0 Å². The quantitative estimate of drug-likeness (QED) is 0.766. The van der Waals surface area contributed by atoms with Gasteiger partial charge >= 0.3 is 0 Å². The Hall–Kier alpha value is -1.00. The van der Waals surface area contributed by atoms with Crippen LogP contribution < -0.4 is 5.32 Å². The van der Waals surface area contributed by atoms with Crippen molar-refractivity contribution in [2.45, 2.75) is 12.5 Å². The van der Waals surface area contributed by atoms with Crippen LogP contribution in [0.1, 0.15) is 12.6 Å². The first-order valence-electron chi connectivity index (χ1n) is 4.34. The number of thiocarbonyl (C=S) groups is 1. The van der Waals surface area contributed by atoms with E-state index in [1.165, 1.54) is 0 Å². The Morgan fingerprint density at radius 3 is 2.71 bits per heavy atom. The second-order valence-corrected chi connectivity index (χ2v) is 3.44. The van der Waals surface area contributed by atoms with Crippen LogP contribution in [0, 0.1) is 0 Å². The number of nitrogens with zero attached hydrogens (tertiary/aromatic N) is 1. The van der Waals surface area contributed by atoms with Crippen molar-refractivity contribution in [2.75, 3.05) is 14.2 Å². The molecule has 0 amide bonds. The molecule has 0 saturated heterocycles. The molecule has 0 saturated carbocycles. The molecule has 4 heteroatoms. The van der Waals surface area contributed by atoms with Gasteiger partial charge < -0.3 is 10.1 Å². The molecular formula is C10H14N2OS. The van der Waals surface area contributed by atoms with E-state index in [0.717, 1.165) is 5.69 Å². The summed E-state index contributed by atoms with van der Waals surface area (Å²) in [7, 11) is 3.40. The third-order valence-electron chi connectivity index (χ3n) is 2.22. The molecule has 1 unspecified atom stereocenters. The van der Waals surface area contributed by atoms with Gasteiger partial charge in [0, 0.05) is 20.4 Å². The third kappa shape index (κ3) is 1.91. The van der Waals surface area contributed by atoms with Gasteiger partial charge in [0.15, 0.2) is 5.60 Å². The van der Waals surface area contributed by atoms with Crippen LogP contribution in [0.2, 0.25) is 0 Å². The molecule has 1 rings (SSSR count). The van der Waals surface area contributed by atoms with Crippen molar-refractivity contribution in [2.24, 2.45) is 0 Å². The fourth-order valence-corrected chi connectivity index (χ4v) is 1.38. The fraction of sp³-hybridized carbons (Fsp3) is 0.400. The van der Waals surface area contributed by atoms with Crippen molar-refractivity contribution in [1.82, 2.24) is 10.3 Å². The number of hydrogen-bond donors (Lipinski definition) is 1. The van der Waals surface area contributed by atoms with Crippen molar-refractivity contribution in [3.05, 3.63) is 30.1 Å². The molecule has 1 atom stereocenters. The zero-order chi connectivity index (χ0) is 10.6. The summed E-state index contributed by atoms with van der Waals surface area (Å²) in [6.45, 7) is 1.90. The van der Waals surface area contributed by atoms with E-state index in [2.05, 4.69) is 10.3 Å². The summed E-state index contributed by atoms with van der Waals surface area (Å²) >= 11 is 5.20. The minimum atomic E-state index is -0.647. The average molecular weight is 210 g/mol. The number of nitrogens with one attached hydrogen (secondary N) is 1. The highest BCUT2D eigenvalue weighted by Gasteiger charge is 2.32. The van der Waals surface area contributed by atoms with Gasteiger partial charge in [-0.05, 0) is 19.1 Å². The Morgan fingerprint density at radius 2 is 2.29 bits per heavy atom. The van der Waals surface area contributed by atoms with Gasteiger partial charge in [0.1, 0.15) is 4.99 Å². The predicted octanol–water partition coefficient (Wildman–Crippen LogP) is 1.49. The molecule has 0 spiro atoms. The van der Waals surface area contributed by atoms with Gasteiger partial charge in [-0.2, -0.15) is 0 Å². The van der Waals surface area contributed by atoms with Crippen molar-refractivity contribution in [1.29, 1.82) is 0 Å². The number of pyridine rings is 1. The number of hydrogen-bond acceptors (Lipinski definition) is 3. The molecule has 0 aromatic carbocycles. The number of likely N-dealkylation sites (N-methyl/N-ethyl adjacent to an activating group) is 1. The second-order valence-electron chi connectivity index (χ2n) is 3.03. The Kier molecular flexibility index (Phi) is 3.55. The molecule has 14 heavy (non-hydrogen) atoms. The van der Waals surface area contributed by atoms with Crippen LogP contribution in [0.15, 0.2) is 24.4 Å². The number of aromatic nitrogens is 1. The van der Waals surface area contributed by atoms with E-state index in [1.54, 1.807) is 20.4 Å². The topological polar surface area (TPSA) is 34.1 Å². The molecule has 0 aliphatic carbocycles. The first kappa shape index (κ1) is 11.1. The van der Waals surface area contributed by atoms with E-state index in [4.69, 9.17) is 17.0 Å². The van der Waals surface area contributed by atoms with E-state index < -0.39 is 5.60 Å². The molecule has 1 aromatic rings. The van der Waals surface area contributed by atoms with Crippen LogP contribution >= 0.6 is 12.2 Å². The van der Waals surface area contributed by atoms with Gasteiger partial charge in [-0.15, -0.1) is 0 Å². The average Bonchev–Trinajstić information content (AvgIpc) is 2.28. The summed E-state index contributed by atoms with van der Waals surface area (Å²) in [5.41, 5.74) is 0.160. The van der Waals surface area contributed by atoms with Crippen molar-refractivity contribution in [3.8, 4) is 0 Å². The van der Waals surface area contributed by atoms with Crippen molar-refractivity contribution >= 4 is 17.2 Å². The Balaban J connectivity index is 3.08. The van der Waals surface area contributed by atoms with Crippen LogP contribution in [0.25, 0.3) is 0 Å². The number of rotatable bonds is 3. The number of ether oxygens (including phenoxy) is 1. The zero-order valence-electron chi connectivity index (χ0n) is 8.57. The van der Waals surface area contributed by atoms with E-state index in [1.807, 2.05) is 25.1 Å². The van der Waals surface area contributed by atoms with Crippen LogP contribution in [-0.4, -0.2) is 24.1 Å². The SMILES string of the molecule is CNC(=S)C(C)(OC)c1ccccn1.